The molecule has 0 radical (unpaired) electrons. The Morgan fingerprint density at radius 2 is 1.70 bits per heavy atom. The van der Waals surface area contributed by atoms with Gasteiger partial charge in [-0.1, -0.05) is 30.3 Å². The first-order valence-electron chi connectivity index (χ1n) is 14.6. The molecule has 4 bridgehead atoms. The zero-order valence-electron chi connectivity index (χ0n) is 24.3. The van der Waals surface area contributed by atoms with Gasteiger partial charge in [-0.2, -0.15) is 5.10 Å². The van der Waals surface area contributed by atoms with E-state index in [0.717, 1.165) is 17.5 Å². The van der Waals surface area contributed by atoms with Crippen LogP contribution in [0.2, 0.25) is 0 Å². The number of methoxy groups -OCH3 is 2. The fourth-order valence-electron chi connectivity index (χ4n) is 9.53. The van der Waals surface area contributed by atoms with Crippen molar-refractivity contribution in [1.82, 2.24) is 15.5 Å². The van der Waals surface area contributed by atoms with Gasteiger partial charge in [0.15, 0.2) is 0 Å². The number of carboxylic acids is 1. The Balaban J connectivity index is 1.53. The topological polar surface area (TPSA) is 157 Å². The number of carboxylic acid groups (broad SMARTS) is 1. The van der Waals surface area contributed by atoms with Gasteiger partial charge in [-0.05, 0) is 73.2 Å². The third-order valence-corrected chi connectivity index (χ3v) is 10.3. The predicted molar refractivity (Wildman–Crippen MR) is 160 cm³/mol. The monoisotopic (exact) mass is 596 g/mol. The number of rotatable bonds is 8. The quantitative estimate of drug-likeness (QED) is 0.186. The van der Waals surface area contributed by atoms with Crippen molar-refractivity contribution >= 4 is 28.3 Å². The van der Waals surface area contributed by atoms with Crippen molar-refractivity contribution in [1.29, 1.82) is 0 Å². The summed E-state index contributed by atoms with van der Waals surface area (Å²) < 4.78 is 11.8. The molecule has 4 aliphatic carbocycles. The van der Waals surface area contributed by atoms with Gasteiger partial charge < -0.3 is 19.9 Å². The van der Waals surface area contributed by atoms with Crippen molar-refractivity contribution in [2.45, 2.75) is 48.5 Å². The van der Waals surface area contributed by atoms with Gasteiger partial charge in [0.05, 0.1) is 36.0 Å². The van der Waals surface area contributed by atoms with E-state index in [2.05, 4.69) is 15.5 Å². The number of aromatic amines is 1. The van der Waals surface area contributed by atoms with Gasteiger partial charge in [-0.15, -0.1) is 0 Å². The summed E-state index contributed by atoms with van der Waals surface area (Å²) in [4.78, 5) is 38.9. The molecule has 0 spiro atoms. The first-order valence-corrected chi connectivity index (χ1v) is 14.6. The highest BCUT2D eigenvalue weighted by Crippen LogP contribution is 2.71. The Labute approximate surface area is 252 Å². The minimum absolute atomic E-state index is 0.0381. The standard InChI is InChI=1S/C33H32N4O7/c1-43-25-8-5-9-26(44-2)27(25)31-14-19-15-32(17-31,22-10-11-24(37(41)42)21-7-4-3-6-20(21)22)28(30(39)40)33(16-19,18-31)35-29(38)23-12-13-34-36-23/h3-13,19,28H,14-18H2,1-2H3,(H,34,36)(H,35,38)(H,39,40). The molecule has 226 valence electrons. The summed E-state index contributed by atoms with van der Waals surface area (Å²) in [6, 6.07) is 17.5. The lowest BCUT2D eigenvalue weighted by Gasteiger charge is -2.69. The smallest absolute Gasteiger partial charge is 0.309 e. The lowest BCUT2D eigenvalue weighted by Crippen LogP contribution is -2.75. The number of hydrogen-bond donors (Lipinski definition) is 3. The third-order valence-electron chi connectivity index (χ3n) is 10.3. The van der Waals surface area contributed by atoms with E-state index in [1.807, 2.05) is 30.3 Å². The molecule has 4 saturated carbocycles. The lowest BCUT2D eigenvalue weighted by atomic mass is 9.35. The third kappa shape index (κ3) is 3.84. The maximum atomic E-state index is 13.7. The summed E-state index contributed by atoms with van der Waals surface area (Å²) in [5, 5.41) is 34.2. The predicted octanol–water partition coefficient (Wildman–Crippen LogP) is 5.14. The van der Waals surface area contributed by atoms with E-state index in [1.165, 1.54) is 6.07 Å². The molecule has 5 unspecified atom stereocenters. The SMILES string of the molecule is COc1cccc(OC)c1C12CC3CC(NC(=O)c4cc[nH]n4)(C1)C(C(=O)O)C(c1ccc([N+](=O)[O-])c4ccccc14)(C3)C2. The van der Waals surface area contributed by atoms with Gasteiger partial charge in [0.1, 0.15) is 17.2 Å². The average Bonchev–Trinajstić information content (AvgIpc) is 3.54. The van der Waals surface area contributed by atoms with Gasteiger partial charge in [0, 0.05) is 28.7 Å². The zero-order chi connectivity index (χ0) is 30.9. The van der Waals surface area contributed by atoms with Gasteiger partial charge in [-0.3, -0.25) is 24.8 Å². The molecule has 0 aliphatic heterocycles. The van der Waals surface area contributed by atoms with Crippen LogP contribution < -0.4 is 14.8 Å². The van der Waals surface area contributed by atoms with Crippen molar-refractivity contribution in [3.05, 3.63) is 93.8 Å². The van der Waals surface area contributed by atoms with Crippen LogP contribution in [-0.4, -0.2) is 51.9 Å². The lowest BCUT2D eigenvalue weighted by molar-refractivity contribution is -0.383. The molecule has 1 aromatic heterocycles. The first-order chi connectivity index (χ1) is 21.2. The number of non-ortho nitro benzene ring substituents is 1. The number of amides is 1. The number of hydrogen-bond acceptors (Lipinski definition) is 7. The molecule has 11 heteroatoms. The van der Waals surface area contributed by atoms with Gasteiger partial charge >= 0.3 is 5.97 Å². The minimum Gasteiger partial charge on any atom is -0.496 e. The molecule has 44 heavy (non-hydrogen) atoms. The molecule has 4 aliphatic rings. The maximum Gasteiger partial charge on any atom is 0.309 e. The van der Waals surface area contributed by atoms with Gasteiger partial charge in [0.25, 0.3) is 11.6 Å². The molecule has 4 aromatic rings. The minimum atomic E-state index is -1.16. The number of nitro benzene ring substituents is 1. The second-order valence-corrected chi connectivity index (χ2v) is 12.6. The fourth-order valence-corrected chi connectivity index (χ4v) is 9.53. The fraction of sp³-hybridized carbons (Fsp3) is 0.364. The Morgan fingerprint density at radius 3 is 2.34 bits per heavy atom. The number of carbonyl (C=O) groups excluding carboxylic acids is 1. The molecule has 4 fully saturated rings. The molecular weight excluding hydrogens is 564 g/mol. The zero-order valence-corrected chi connectivity index (χ0v) is 24.3. The highest BCUT2D eigenvalue weighted by molar-refractivity contribution is 5.96. The number of fused-ring (bicyclic) bond motifs is 1. The summed E-state index contributed by atoms with van der Waals surface area (Å²) in [5.41, 5.74) is -1.04. The molecule has 8 rings (SSSR count). The van der Waals surface area contributed by atoms with Crippen LogP contribution in [0, 0.1) is 22.0 Å². The van der Waals surface area contributed by atoms with Crippen LogP contribution in [-0.2, 0) is 15.6 Å². The molecule has 11 nitrogen and oxygen atoms in total. The summed E-state index contributed by atoms with van der Waals surface area (Å²) in [7, 11) is 3.21. The van der Waals surface area contributed by atoms with Crippen LogP contribution in [0.1, 0.15) is 53.7 Å². The van der Waals surface area contributed by atoms with Crippen molar-refractivity contribution in [3.8, 4) is 11.5 Å². The second kappa shape index (κ2) is 9.80. The summed E-state index contributed by atoms with van der Waals surface area (Å²) >= 11 is 0. The molecule has 1 amide bonds. The summed E-state index contributed by atoms with van der Waals surface area (Å²) in [6.45, 7) is 0. The van der Waals surface area contributed by atoms with Crippen molar-refractivity contribution in [2.75, 3.05) is 14.2 Å². The van der Waals surface area contributed by atoms with E-state index in [1.54, 1.807) is 44.7 Å². The van der Waals surface area contributed by atoms with E-state index in [0.29, 0.717) is 48.0 Å². The van der Waals surface area contributed by atoms with Crippen molar-refractivity contribution in [2.24, 2.45) is 11.8 Å². The number of carbonyl (C=O) groups is 2. The average molecular weight is 597 g/mol. The number of benzene rings is 3. The van der Waals surface area contributed by atoms with Crippen molar-refractivity contribution in [3.63, 3.8) is 0 Å². The highest BCUT2D eigenvalue weighted by Gasteiger charge is 2.72. The highest BCUT2D eigenvalue weighted by atomic mass is 16.6. The van der Waals surface area contributed by atoms with Gasteiger partial charge in [-0.25, -0.2) is 0 Å². The Morgan fingerprint density at radius 1 is 0.977 bits per heavy atom. The number of aromatic nitrogens is 2. The Kier molecular flexibility index (Phi) is 6.21. The molecule has 0 saturated heterocycles. The number of aliphatic carboxylic acids is 1. The van der Waals surface area contributed by atoms with Crippen LogP contribution in [0.5, 0.6) is 11.5 Å². The Hall–Kier alpha value is -4.93. The van der Waals surface area contributed by atoms with E-state index < -0.39 is 39.1 Å². The van der Waals surface area contributed by atoms with Crippen LogP contribution in [0.3, 0.4) is 0 Å². The normalized spacial score (nSPS) is 28.5. The first kappa shape index (κ1) is 27.9. The molecule has 3 aromatic carbocycles. The summed E-state index contributed by atoms with van der Waals surface area (Å²) in [5.74, 6) is -1.18. The number of H-pyrrole nitrogens is 1. The number of ether oxygens (including phenoxy) is 2. The number of nitro groups is 1. The van der Waals surface area contributed by atoms with Gasteiger partial charge in [0.2, 0.25) is 0 Å². The van der Waals surface area contributed by atoms with E-state index in [4.69, 9.17) is 9.47 Å². The molecule has 1 heterocycles. The van der Waals surface area contributed by atoms with Crippen molar-refractivity contribution < 1.29 is 29.1 Å². The molecule has 3 N–H and O–H groups in total. The second-order valence-electron chi connectivity index (χ2n) is 12.6. The largest absolute Gasteiger partial charge is 0.496 e. The Bertz CT molecular complexity index is 1800. The van der Waals surface area contributed by atoms with E-state index in [9.17, 15) is 24.8 Å². The molecular formula is C33H32N4O7. The van der Waals surface area contributed by atoms with Crippen LogP contribution >= 0.6 is 0 Å². The maximum absolute atomic E-state index is 13.7. The molecule has 5 atom stereocenters. The number of nitrogens with one attached hydrogen (secondary N) is 2. The van der Waals surface area contributed by atoms with E-state index in [-0.39, 0.29) is 17.3 Å². The summed E-state index contributed by atoms with van der Waals surface area (Å²) in [6.07, 6.45) is 4.13. The van der Waals surface area contributed by atoms with Crippen LogP contribution in [0.25, 0.3) is 10.8 Å². The number of nitrogens with zero attached hydrogens (tertiary/aromatic N) is 2. The van der Waals surface area contributed by atoms with Crippen LogP contribution in [0.15, 0.2) is 66.9 Å². The van der Waals surface area contributed by atoms with Crippen LogP contribution in [0.4, 0.5) is 5.69 Å². The van der Waals surface area contributed by atoms with E-state index >= 15 is 0 Å².